The number of hydrazone groups is 1. The van der Waals surface area contributed by atoms with Gasteiger partial charge in [-0.2, -0.15) is 5.10 Å². The Labute approximate surface area is 160 Å². The van der Waals surface area contributed by atoms with Gasteiger partial charge in [-0.05, 0) is 44.2 Å². The summed E-state index contributed by atoms with van der Waals surface area (Å²) < 4.78 is 15.1. The van der Waals surface area contributed by atoms with Crippen molar-refractivity contribution in [2.24, 2.45) is 5.10 Å². The van der Waals surface area contributed by atoms with Crippen LogP contribution in [0.4, 0.5) is 10.1 Å². The molecule has 0 aliphatic rings. The molecular formula is C20H17FN4O3. The second kappa shape index (κ2) is 7.83. The lowest BCUT2D eigenvalue weighted by Crippen LogP contribution is -2.17. The van der Waals surface area contributed by atoms with E-state index in [1.807, 2.05) is 24.5 Å². The van der Waals surface area contributed by atoms with Crippen LogP contribution in [-0.2, 0) is 0 Å². The number of benzene rings is 2. The summed E-state index contributed by atoms with van der Waals surface area (Å²) in [5.41, 5.74) is 5.59. The second-order valence-corrected chi connectivity index (χ2v) is 6.15. The predicted octanol–water partition coefficient (Wildman–Crippen LogP) is 3.91. The smallest absolute Gasteiger partial charge is 0.271 e. The van der Waals surface area contributed by atoms with Gasteiger partial charge in [0, 0.05) is 34.6 Å². The standard InChI is InChI=1S/C20H17FN4O3/c1-13-9-16(12-22-23-20(26)15-5-3-6-17(21)10-15)14(2)24(13)18-7-4-8-19(11-18)25(27)28/h3-12H,1-2H3,(H,23,26)/b22-12+. The third-order valence-electron chi connectivity index (χ3n) is 4.23. The molecule has 1 aromatic heterocycles. The average molecular weight is 380 g/mol. The molecule has 28 heavy (non-hydrogen) atoms. The monoisotopic (exact) mass is 380 g/mol. The summed E-state index contributed by atoms with van der Waals surface area (Å²) in [6.45, 7) is 3.72. The van der Waals surface area contributed by atoms with E-state index in [4.69, 9.17) is 0 Å². The Kier molecular flexibility index (Phi) is 5.30. The van der Waals surface area contributed by atoms with E-state index in [9.17, 15) is 19.3 Å². The van der Waals surface area contributed by atoms with E-state index in [-0.39, 0.29) is 11.3 Å². The van der Waals surface area contributed by atoms with Gasteiger partial charge >= 0.3 is 0 Å². The summed E-state index contributed by atoms with van der Waals surface area (Å²) in [5.74, 6) is -1.03. The quantitative estimate of drug-likeness (QED) is 0.413. The van der Waals surface area contributed by atoms with Gasteiger partial charge in [-0.3, -0.25) is 14.9 Å². The van der Waals surface area contributed by atoms with Crippen LogP contribution in [0, 0.1) is 29.8 Å². The van der Waals surface area contributed by atoms with Crippen molar-refractivity contribution < 1.29 is 14.1 Å². The first-order valence-corrected chi connectivity index (χ1v) is 8.39. The van der Waals surface area contributed by atoms with Crippen molar-refractivity contribution in [1.82, 2.24) is 9.99 Å². The molecule has 0 spiro atoms. The average Bonchev–Trinajstić information content (AvgIpc) is 2.95. The number of amides is 1. The number of hydrogen-bond acceptors (Lipinski definition) is 4. The van der Waals surface area contributed by atoms with Crippen molar-refractivity contribution in [2.75, 3.05) is 0 Å². The fraction of sp³-hybridized carbons (Fsp3) is 0.100. The maximum Gasteiger partial charge on any atom is 0.271 e. The van der Waals surface area contributed by atoms with Crippen LogP contribution in [0.25, 0.3) is 5.69 Å². The minimum absolute atomic E-state index is 0.00238. The molecule has 0 bridgehead atoms. The number of carbonyl (C=O) groups excluding carboxylic acids is 1. The van der Waals surface area contributed by atoms with E-state index in [1.165, 1.54) is 36.5 Å². The van der Waals surface area contributed by atoms with Crippen LogP contribution < -0.4 is 5.43 Å². The highest BCUT2D eigenvalue weighted by molar-refractivity contribution is 5.95. The molecule has 0 unspecified atom stereocenters. The Bertz CT molecular complexity index is 1090. The Morgan fingerprint density at radius 3 is 2.64 bits per heavy atom. The number of non-ortho nitro benzene ring substituents is 1. The fourth-order valence-electron chi connectivity index (χ4n) is 2.92. The number of halogens is 1. The number of nitro groups is 1. The predicted molar refractivity (Wildman–Crippen MR) is 103 cm³/mol. The van der Waals surface area contributed by atoms with Crippen LogP contribution in [-0.4, -0.2) is 21.6 Å². The van der Waals surface area contributed by atoms with Gasteiger partial charge in [-0.15, -0.1) is 0 Å². The maximum absolute atomic E-state index is 13.2. The lowest BCUT2D eigenvalue weighted by Gasteiger charge is -2.09. The second-order valence-electron chi connectivity index (χ2n) is 6.15. The Morgan fingerprint density at radius 2 is 1.93 bits per heavy atom. The molecule has 7 nitrogen and oxygen atoms in total. The van der Waals surface area contributed by atoms with Gasteiger partial charge in [0.15, 0.2) is 0 Å². The third-order valence-corrected chi connectivity index (χ3v) is 4.23. The molecule has 1 amide bonds. The molecular weight excluding hydrogens is 363 g/mol. The SMILES string of the molecule is Cc1cc(/C=N/NC(=O)c2cccc(F)c2)c(C)n1-c1cccc([N+](=O)[O-])c1. The van der Waals surface area contributed by atoms with Gasteiger partial charge in [0.2, 0.25) is 0 Å². The van der Waals surface area contributed by atoms with E-state index in [0.29, 0.717) is 5.69 Å². The number of nitro benzene ring substituents is 1. The van der Waals surface area contributed by atoms with Crippen molar-refractivity contribution in [3.05, 3.63) is 93.0 Å². The third kappa shape index (κ3) is 3.96. The highest BCUT2D eigenvalue weighted by Crippen LogP contribution is 2.23. The van der Waals surface area contributed by atoms with Gasteiger partial charge in [-0.25, -0.2) is 9.82 Å². The number of aromatic nitrogens is 1. The topological polar surface area (TPSA) is 89.5 Å². The summed E-state index contributed by atoms with van der Waals surface area (Å²) >= 11 is 0. The van der Waals surface area contributed by atoms with Gasteiger partial charge in [0.1, 0.15) is 5.82 Å². The zero-order chi connectivity index (χ0) is 20.3. The Balaban J connectivity index is 1.82. The van der Waals surface area contributed by atoms with E-state index in [2.05, 4.69) is 10.5 Å². The van der Waals surface area contributed by atoms with Gasteiger partial charge < -0.3 is 4.57 Å². The van der Waals surface area contributed by atoms with Crippen molar-refractivity contribution in [1.29, 1.82) is 0 Å². The Hall–Kier alpha value is -3.81. The highest BCUT2D eigenvalue weighted by atomic mass is 19.1. The number of nitrogens with zero attached hydrogens (tertiary/aromatic N) is 3. The summed E-state index contributed by atoms with van der Waals surface area (Å²) in [5, 5.41) is 14.9. The number of rotatable bonds is 5. The lowest BCUT2D eigenvalue weighted by atomic mass is 10.2. The van der Waals surface area contributed by atoms with Gasteiger partial charge in [0.05, 0.1) is 16.8 Å². The molecule has 1 heterocycles. The van der Waals surface area contributed by atoms with Crippen LogP contribution in [0.15, 0.2) is 59.7 Å². The highest BCUT2D eigenvalue weighted by Gasteiger charge is 2.13. The molecule has 0 aliphatic carbocycles. The van der Waals surface area contributed by atoms with E-state index in [1.54, 1.807) is 12.1 Å². The van der Waals surface area contributed by atoms with Crippen molar-refractivity contribution in [3.8, 4) is 5.69 Å². The van der Waals surface area contributed by atoms with Crippen LogP contribution in [0.2, 0.25) is 0 Å². The number of hydrogen-bond donors (Lipinski definition) is 1. The van der Waals surface area contributed by atoms with Crippen LogP contribution in [0.3, 0.4) is 0 Å². The summed E-state index contributed by atoms with van der Waals surface area (Å²) in [7, 11) is 0. The van der Waals surface area contributed by atoms with Crippen LogP contribution in [0.1, 0.15) is 27.3 Å². The molecule has 3 rings (SSSR count). The van der Waals surface area contributed by atoms with Crippen LogP contribution in [0.5, 0.6) is 0 Å². The van der Waals surface area contributed by atoms with Gasteiger partial charge in [0.25, 0.3) is 11.6 Å². The molecule has 1 N–H and O–H groups in total. The molecule has 3 aromatic rings. The molecule has 8 heteroatoms. The molecule has 0 saturated carbocycles. The molecule has 0 saturated heterocycles. The van der Waals surface area contributed by atoms with Crippen molar-refractivity contribution in [3.63, 3.8) is 0 Å². The lowest BCUT2D eigenvalue weighted by molar-refractivity contribution is -0.384. The summed E-state index contributed by atoms with van der Waals surface area (Å²) in [4.78, 5) is 22.6. The minimum atomic E-state index is -0.525. The summed E-state index contributed by atoms with van der Waals surface area (Å²) in [6, 6.07) is 13.5. The fourth-order valence-corrected chi connectivity index (χ4v) is 2.92. The normalized spacial score (nSPS) is 11.0. The van der Waals surface area contributed by atoms with E-state index >= 15 is 0 Å². The molecule has 142 valence electrons. The van der Waals surface area contributed by atoms with E-state index in [0.717, 1.165) is 23.0 Å². The van der Waals surface area contributed by atoms with Crippen molar-refractivity contribution in [2.45, 2.75) is 13.8 Å². The van der Waals surface area contributed by atoms with Crippen molar-refractivity contribution >= 4 is 17.8 Å². The molecule has 0 aliphatic heterocycles. The zero-order valence-corrected chi connectivity index (χ0v) is 15.2. The molecule has 2 aromatic carbocycles. The first-order valence-electron chi connectivity index (χ1n) is 8.39. The minimum Gasteiger partial charge on any atom is -0.318 e. The first-order chi connectivity index (χ1) is 13.4. The number of aryl methyl sites for hydroxylation is 1. The van der Waals surface area contributed by atoms with E-state index < -0.39 is 16.6 Å². The van der Waals surface area contributed by atoms with Gasteiger partial charge in [-0.1, -0.05) is 12.1 Å². The largest absolute Gasteiger partial charge is 0.318 e. The first kappa shape index (κ1) is 19.0. The Morgan fingerprint density at radius 1 is 1.18 bits per heavy atom. The maximum atomic E-state index is 13.2. The van der Waals surface area contributed by atoms with Crippen LogP contribution >= 0.6 is 0 Å². The zero-order valence-electron chi connectivity index (χ0n) is 15.2. The molecule has 0 radical (unpaired) electrons. The molecule has 0 atom stereocenters. The number of carbonyl (C=O) groups is 1. The molecule has 0 fully saturated rings. The summed E-state index contributed by atoms with van der Waals surface area (Å²) in [6.07, 6.45) is 1.48. The number of nitrogens with one attached hydrogen (secondary N) is 1.